The normalized spacial score (nSPS) is 16.3. The van der Waals surface area contributed by atoms with Crippen molar-refractivity contribution >= 4 is 34.1 Å². The van der Waals surface area contributed by atoms with Crippen LogP contribution >= 0.6 is 0 Å². The number of hydrogen-bond donors (Lipinski definition) is 4. The Morgan fingerprint density at radius 3 is 2.62 bits per heavy atom. The van der Waals surface area contributed by atoms with Crippen LogP contribution in [-0.2, 0) is 6.54 Å². The molecule has 1 aliphatic carbocycles. The van der Waals surface area contributed by atoms with Gasteiger partial charge >= 0.3 is 0 Å². The molecule has 182 valence electrons. The van der Waals surface area contributed by atoms with E-state index in [4.69, 9.17) is 11.5 Å². The second kappa shape index (κ2) is 9.54. The minimum absolute atomic E-state index is 0.00340. The third kappa shape index (κ3) is 5.27. The van der Waals surface area contributed by atoms with Crippen LogP contribution in [0.4, 0.5) is 26.1 Å². The number of aromatic nitrogens is 3. The number of amides is 1. The zero-order valence-electron chi connectivity index (χ0n) is 19.6. The number of benzene rings is 1. The Morgan fingerprint density at radius 1 is 1.26 bits per heavy atom. The van der Waals surface area contributed by atoms with Crippen LogP contribution in [0, 0.1) is 18.7 Å². The number of nitrogens with zero attached hydrogens (tertiary/aromatic N) is 3. The molecule has 3 atom stereocenters. The monoisotopic (exact) mass is 471 g/mol. The number of aryl methyl sites for hydroxylation is 1. The number of alkyl halides is 1. The van der Waals surface area contributed by atoms with Crippen LogP contribution in [0.15, 0.2) is 24.3 Å². The Balaban J connectivity index is 1.68. The van der Waals surface area contributed by atoms with Gasteiger partial charge in [0.1, 0.15) is 12.0 Å². The first-order chi connectivity index (χ1) is 16.1. The van der Waals surface area contributed by atoms with E-state index in [-0.39, 0.29) is 35.8 Å². The van der Waals surface area contributed by atoms with Gasteiger partial charge in [0, 0.05) is 23.2 Å². The highest BCUT2D eigenvalue weighted by Gasteiger charge is 2.28. The van der Waals surface area contributed by atoms with E-state index < -0.39 is 17.9 Å². The fourth-order valence-corrected chi connectivity index (χ4v) is 4.10. The van der Waals surface area contributed by atoms with Crippen molar-refractivity contribution in [3.63, 3.8) is 0 Å². The first-order valence-electron chi connectivity index (χ1n) is 11.5. The van der Waals surface area contributed by atoms with Gasteiger partial charge < -0.3 is 22.1 Å². The van der Waals surface area contributed by atoms with Crippen LogP contribution in [0.3, 0.4) is 0 Å². The summed E-state index contributed by atoms with van der Waals surface area (Å²) in [6.45, 7) is 5.31. The van der Waals surface area contributed by atoms with Gasteiger partial charge in [-0.3, -0.25) is 9.48 Å². The third-order valence-electron chi connectivity index (χ3n) is 6.11. The van der Waals surface area contributed by atoms with E-state index in [2.05, 4.69) is 20.7 Å². The standard InChI is InChI=1S/C24H31F2N7O/c1-12(25)11-33-21-9-16(6-7-17(21)14(3)32-33)29-23-18(22(28)34)10-19(26)24(31-23)30-20(13(2)27)8-15-4-5-15/h6-7,9-10,12-13,15,20H,4-5,8,11,27H2,1-3H3,(H2,28,34)(H2,29,30,31)/t12?,13-,20?/m0/s1. The summed E-state index contributed by atoms with van der Waals surface area (Å²) in [4.78, 5) is 16.4. The van der Waals surface area contributed by atoms with Crippen LogP contribution in [-0.4, -0.2) is 38.9 Å². The molecule has 8 nitrogen and oxygen atoms in total. The zero-order valence-corrected chi connectivity index (χ0v) is 19.6. The quantitative estimate of drug-likeness (QED) is 0.354. The van der Waals surface area contributed by atoms with Crippen molar-refractivity contribution in [2.45, 2.75) is 64.8 Å². The van der Waals surface area contributed by atoms with Crippen LogP contribution in [0.2, 0.25) is 0 Å². The largest absolute Gasteiger partial charge is 0.365 e. The molecule has 1 aromatic carbocycles. The topological polar surface area (TPSA) is 124 Å². The zero-order chi connectivity index (χ0) is 24.6. The lowest BCUT2D eigenvalue weighted by atomic mass is 10.0. The summed E-state index contributed by atoms with van der Waals surface area (Å²) in [6, 6.07) is 6.15. The van der Waals surface area contributed by atoms with Gasteiger partial charge in [0.05, 0.1) is 23.3 Å². The summed E-state index contributed by atoms with van der Waals surface area (Å²) >= 11 is 0. The van der Waals surface area contributed by atoms with Gasteiger partial charge in [-0.1, -0.05) is 12.8 Å². The lowest BCUT2D eigenvalue weighted by Gasteiger charge is -2.24. The summed E-state index contributed by atoms with van der Waals surface area (Å²) in [7, 11) is 0. The number of primary amides is 1. The number of rotatable bonds is 10. The molecule has 0 aliphatic heterocycles. The van der Waals surface area contributed by atoms with Gasteiger partial charge in [-0.05, 0) is 57.4 Å². The molecular weight excluding hydrogens is 440 g/mol. The number of halogens is 2. The van der Waals surface area contributed by atoms with Gasteiger partial charge in [-0.15, -0.1) is 0 Å². The number of fused-ring (bicyclic) bond motifs is 1. The molecule has 0 radical (unpaired) electrons. The molecule has 0 saturated heterocycles. The number of hydrogen-bond acceptors (Lipinski definition) is 6. The number of carbonyl (C=O) groups excluding carboxylic acids is 1. The molecule has 34 heavy (non-hydrogen) atoms. The van der Waals surface area contributed by atoms with E-state index in [0.717, 1.165) is 41.9 Å². The molecule has 1 fully saturated rings. The predicted octanol–water partition coefficient (Wildman–Crippen LogP) is 4.01. The molecule has 1 aliphatic rings. The minimum atomic E-state index is -1.07. The summed E-state index contributed by atoms with van der Waals surface area (Å²) < 4.78 is 30.1. The van der Waals surface area contributed by atoms with Crippen LogP contribution in [0.5, 0.6) is 0 Å². The maximum Gasteiger partial charge on any atom is 0.252 e. The molecule has 2 aromatic heterocycles. The van der Waals surface area contributed by atoms with Gasteiger partial charge in [-0.25, -0.2) is 13.8 Å². The van der Waals surface area contributed by atoms with Gasteiger partial charge in [0.25, 0.3) is 5.91 Å². The van der Waals surface area contributed by atoms with E-state index in [1.807, 2.05) is 19.9 Å². The molecule has 2 heterocycles. The van der Waals surface area contributed by atoms with Crippen LogP contribution < -0.4 is 22.1 Å². The highest BCUT2D eigenvalue weighted by atomic mass is 19.1. The number of nitrogens with one attached hydrogen (secondary N) is 2. The summed E-state index contributed by atoms with van der Waals surface area (Å²) in [6.07, 6.45) is 2.05. The highest BCUT2D eigenvalue weighted by Crippen LogP contribution is 2.35. The predicted molar refractivity (Wildman–Crippen MR) is 129 cm³/mol. The first-order valence-corrected chi connectivity index (χ1v) is 11.5. The lowest BCUT2D eigenvalue weighted by Crippen LogP contribution is -2.39. The molecule has 10 heteroatoms. The number of carbonyl (C=O) groups is 1. The minimum Gasteiger partial charge on any atom is -0.365 e. The molecular formula is C24H31F2N7O. The van der Waals surface area contributed by atoms with Crippen LogP contribution in [0.1, 0.15) is 49.2 Å². The molecule has 4 rings (SSSR count). The Kier molecular flexibility index (Phi) is 6.70. The Hall–Kier alpha value is -3.27. The van der Waals surface area contributed by atoms with Crippen molar-refractivity contribution in [2.75, 3.05) is 10.6 Å². The number of pyridine rings is 1. The maximum absolute atomic E-state index is 14.8. The summed E-state index contributed by atoms with van der Waals surface area (Å²) in [5.74, 6) is -0.783. The van der Waals surface area contributed by atoms with Gasteiger partial charge in [0.15, 0.2) is 11.6 Å². The molecule has 3 aromatic rings. The summed E-state index contributed by atoms with van der Waals surface area (Å²) in [5, 5.41) is 11.5. The van der Waals surface area contributed by atoms with Gasteiger partial charge in [0.2, 0.25) is 0 Å². The second-order valence-corrected chi connectivity index (χ2v) is 9.27. The first kappa shape index (κ1) is 23.9. The highest BCUT2D eigenvalue weighted by molar-refractivity contribution is 5.99. The van der Waals surface area contributed by atoms with E-state index in [1.165, 1.54) is 6.92 Å². The van der Waals surface area contributed by atoms with Crippen molar-refractivity contribution in [3.8, 4) is 0 Å². The number of nitrogens with two attached hydrogens (primary N) is 2. The van der Waals surface area contributed by atoms with Crippen molar-refractivity contribution in [3.05, 3.63) is 41.3 Å². The van der Waals surface area contributed by atoms with Crippen molar-refractivity contribution < 1.29 is 13.6 Å². The summed E-state index contributed by atoms with van der Waals surface area (Å²) in [5.41, 5.74) is 13.6. The molecule has 1 amide bonds. The SMILES string of the molecule is Cc1nn(CC(C)F)c2cc(Nc3nc(NC(CC4CC4)[C@H](C)N)c(F)cc3C(N)=O)ccc12. The Morgan fingerprint density at radius 2 is 2.00 bits per heavy atom. The fraction of sp³-hybridized carbons (Fsp3) is 0.458. The number of anilines is 3. The average molecular weight is 472 g/mol. The van der Waals surface area contributed by atoms with Crippen molar-refractivity contribution in [1.82, 2.24) is 14.8 Å². The third-order valence-corrected chi connectivity index (χ3v) is 6.11. The molecule has 0 bridgehead atoms. The van der Waals surface area contributed by atoms with E-state index in [0.29, 0.717) is 11.6 Å². The molecule has 0 spiro atoms. The molecule has 6 N–H and O–H groups in total. The van der Waals surface area contributed by atoms with E-state index in [1.54, 1.807) is 16.8 Å². The van der Waals surface area contributed by atoms with Gasteiger partial charge in [-0.2, -0.15) is 5.10 Å². The Labute approximate surface area is 197 Å². The average Bonchev–Trinajstić information content (AvgIpc) is 3.53. The van der Waals surface area contributed by atoms with Crippen molar-refractivity contribution in [2.24, 2.45) is 17.4 Å². The maximum atomic E-state index is 14.8. The van der Waals surface area contributed by atoms with E-state index in [9.17, 15) is 13.6 Å². The van der Waals surface area contributed by atoms with E-state index >= 15 is 0 Å². The van der Waals surface area contributed by atoms with Crippen LogP contribution in [0.25, 0.3) is 10.9 Å². The molecule has 1 saturated carbocycles. The second-order valence-electron chi connectivity index (χ2n) is 9.27. The Bertz CT molecular complexity index is 1200. The molecule has 2 unspecified atom stereocenters. The van der Waals surface area contributed by atoms with Crippen molar-refractivity contribution in [1.29, 1.82) is 0 Å². The lowest BCUT2D eigenvalue weighted by molar-refractivity contribution is 0.100. The smallest absolute Gasteiger partial charge is 0.252 e. The fourth-order valence-electron chi connectivity index (χ4n) is 4.10.